The van der Waals surface area contributed by atoms with Gasteiger partial charge in [-0.1, -0.05) is 12.1 Å². The normalized spacial score (nSPS) is 11.5. The number of alkyl halides is 3. The Kier molecular flexibility index (Phi) is 5.28. The summed E-state index contributed by atoms with van der Waals surface area (Å²) in [6.07, 6.45) is -1.79. The van der Waals surface area contributed by atoms with Crippen LogP contribution in [-0.4, -0.2) is 20.0 Å². The van der Waals surface area contributed by atoms with Crippen LogP contribution in [0.25, 0.3) is 6.08 Å². The van der Waals surface area contributed by atoms with Crippen LogP contribution in [0.5, 0.6) is 11.5 Å². The number of carbonyl (C=O) groups excluding carboxylic acids is 1. The summed E-state index contributed by atoms with van der Waals surface area (Å²) in [6, 6.07) is 9.33. The van der Waals surface area contributed by atoms with E-state index in [-0.39, 0.29) is 5.56 Å². The second kappa shape index (κ2) is 7.21. The van der Waals surface area contributed by atoms with E-state index in [2.05, 4.69) is 0 Å². The van der Waals surface area contributed by atoms with Crippen molar-refractivity contribution in [3.05, 3.63) is 65.2 Å². The van der Waals surface area contributed by atoms with Gasteiger partial charge in [0.05, 0.1) is 19.8 Å². The van der Waals surface area contributed by atoms with Crippen molar-refractivity contribution in [3.63, 3.8) is 0 Å². The standard InChI is InChI=1S/C18H15F3O3/c1-23-15-8-6-12(17(11-15)24-2)7-9-16(22)13-4-3-5-14(10-13)18(19,20)21/h3-11H,1-2H3/b9-7+. The summed E-state index contributed by atoms with van der Waals surface area (Å²) >= 11 is 0. The van der Waals surface area contributed by atoms with Gasteiger partial charge < -0.3 is 9.47 Å². The lowest BCUT2D eigenvalue weighted by atomic mass is 10.1. The van der Waals surface area contributed by atoms with Crippen LogP contribution in [0.4, 0.5) is 13.2 Å². The highest BCUT2D eigenvalue weighted by Gasteiger charge is 2.30. The van der Waals surface area contributed by atoms with Crippen molar-refractivity contribution < 1.29 is 27.4 Å². The molecule has 3 nitrogen and oxygen atoms in total. The lowest BCUT2D eigenvalue weighted by molar-refractivity contribution is -0.137. The molecule has 0 aliphatic carbocycles. The molecule has 0 aliphatic rings. The molecule has 0 saturated carbocycles. The van der Waals surface area contributed by atoms with Crippen LogP contribution >= 0.6 is 0 Å². The van der Waals surface area contributed by atoms with Crippen LogP contribution in [-0.2, 0) is 6.18 Å². The van der Waals surface area contributed by atoms with Crippen LogP contribution in [0, 0.1) is 0 Å². The van der Waals surface area contributed by atoms with Gasteiger partial charge in [-0.2, -0.15) is 13.2 Å². The van der Waals surface area contributed by atoms with Crippen LogP contribution in [0.3, 0.4) is 0 Å². The van der Waals surface area contributed by atoms with Gasteiger partial charge in [-0.15, -0.1) is 0 Å². The number of rotatable bonds is 5. The minimum absolute atomic E-state index is 0.0337. The number of carbonyl (C=O) groups is 1. The summed E-state index contributed by atoms with van der Waals surface area (Å²) in [5.41, 5.74) is -0.282. The number of ether oxygens (including phenoxy) is 2. The summed E-state index contributed by atoms with van der Waals surface area (Å²) in [4.78, 5) is 12.1. The van der Waals surface area contributed by atoms with Gasteiger partial charge in [0.15, 0.2) is 5.78 Å². The highest BCUT2D eigenvalue weighted by Crippen LogP contribution is 2.30. The summed E-state index contributed by atoms with van der Waals surface area (Å²) in [6.45, 7) is 0. The van der Waals surface area contributed by atoms with E-state index in [9.17, 15) is 18.0 Å². The van der Waals surface area contributed by atoms with Crippen molar-refractivity contribution in [1.82, 2.24) is 0 Å². The lowest BCUT2D eigenvalue weighted by Gasteiger charge is -2.08. The first kappa shape index (κ1) is 17.6. The second-order valence-corrected chi connectivity index (χ2v) is 4.88. The molecule has 0 atom stereocenters. The molecule has 24 heavy (non-hydrogen) atoms. The van der Waals surface area contributed by atoms with E-state index in [1.54, 1.807) is 18.2 Å². The third-order valence-electron chi connectivity index (χ3n) is 3.33. The zero-order valence-electron chi connectivity index (χ0n) is 13.1. The van der Waals surface area contributed by atoms with Gasteiger partial charge in [0, 0.05) is 17.2 Å². The first-order valence-corrected chi connectivity index (χ1v) is 6.97. The molecule has 126 valence electrons. The van der Waals surface area contributed by atoms with Gasteiger partial charge >= 0.3 is 6.18 Å². The van der Waals surface area contributed by atoms with Gasteiger partial charge in [0.25, 0.3) is 0 Å². The zero-order chi connectivity index (χ0) is 17.7. The fourth-order valence-corrected chi connectivity index (χ4v) is 2.07. The topological polar surface area (TPSA) is 35.5 Å². The number of benzene rings is 2. The molecule has 0 spiro atoms. The maximum Gasteiger partial charge on any atom is 0.416 e. The summed E-state index contributed by atoms with van der Waals surface area (Å²) in [5.74, 6) is 0.551. The molecule has 0 bridgehead atoms. The lowest BCUT2D eigenvalue weighted by Crippen LogP contribution is -2.06. The Morgan fingerprint density at radius 2 is 1.79 bits per heavy atom. The second-order valence-electron chi connectivity index (χ2n) is 4.88. The minimum Gasteiger partial charge on any atom is -0.497 e. The van der Waals surface area contributed by atoms with Crippen LogP contribution in [0.2, 0.25) is 0 Å². The van der Waals surface area contributed by atoms with E-state index in [0.29, 0.717) is 17.1 Å². The number of allylic oxidation sites excluding steroid dienone is 1. The Morgan fingerprint density at radius 3 is 2.42 bits per heavy atom. The average molecular weight is 336 g/mol. The van der Waals surface area contributed by atoms with Gasteiger partial charge in [-0.25, -0.2) is 0 Å². The number of methoxy groups -OCH3 is 2. The third kappa shape index (κ3) is 4.16. The highest BCUT2D eigenvalue weighted by molar-refractivity contribution is 6.07. The molecule has 0 unspecified atom stereocenters. The number of halogens is 3. The van der Waals surface area contributed by atoms with Crippen molar-refractivity contribution in [2.24, 2.45) is 0 Å². The molecule has 0 saturated heterocycles. The monoisotopic (exact) mass is 336 g/mol. The van der Waals surface area contributed by atoms with Crippen LogP contribution < -0.4 is 9.47 Å². The summed E-state index contributed by atoms with van der Waals surface area (Å²) < 4.78 is 48.4. The van der Waals surface area contributed by atoms with E-state index in [1.807, 2.05) is 0 Å². The number of hydrogen-bond donors (Lipinski definition) is 0. The van der Waals surface area contributed by atoms with E-state index < -0.39 is 17.5 Å². The van der Waals surface area contributed by atoms with Crippen LogP contribution in [0.1, 0.15) is 21.5 Å². The number of hydrogen-bond acceptors (Lipinski definition) is 3. The number of ketones is 1. The third-order valence-corrected chi connectivity index (χ3v) is 3.33. The molecule has 0 heterocycles. The van der Waals surface area contributed by atoms with E-state index in [4.69, 9.17) is 9.47 Å². The minimum atomic E-state index is -4.49. The molecule has 2 rings (SSSR count). The Morgan fingerprint density at radius 1 is 1.04 bits per heavy atom. The Labute approximate surface area is 137 Å². The fraction of sp³-hybridized carbons (Fsp3) is 0.167. The molecule has 0 amide bonds. The van der Waals surface area contributed by atoms with E-state index in [0.717, 1.165) is 12.1 Å². The Hall–Kier alpha value is -2.76. The first-order valence-electron chi connectivity index (χ1n) is 6.97. The predicted octanol–water partition coefficient (Wildman–Crippen LogP) is 4.62. The molecule has 0 aromatic heterocycles. The van der Waals surface area contributed by atoms with Gasteiger partial charge in [-0.3, -0.25) is 4.79 Å². The molecule has 0 radical (unpaired) electrons. The zero-order valence-corrected chi connectivity index (χ0v) is 13.1. The highest BCUT2D eigenvalue weighted by atomic mass is 19.4. The molecule has 0 aliphatic heterocycles. The van der Waals surface area contributed by atoms with E-state index >= 15 is 0 Å². The van der Waals surface area contributed by atoms with Crippen molar-refractivity contribution in [2.75, 3.05) is 14.2 Å². The van der Waals surface area contributed by atoms with Gasteiger partial charge in [0.2, 0.25) is 0 Å². The van der Waals surface area contributed by atoms with Gasteiger partial charge in [-0.05, 0) is 36.4 Å². The Bertz CT molecular complexity index is 764. The van der Waals surface area contributed by atoms with Crippen molar-refractivity contribution in [3.8, 4) is 11.5 Å². The average Bonchev–Trinajstić information content (AvgIpc) is 2.58. The molecule has 6 heteroatoms. The smallest absolute Gasteiger partial charge is 0.416 e. The molecule has 0 fully saturated rings. The largest absolute Gasteiger partial charge is 0.497 e. The molecular weight excluding hydrogens is 321 g/mol. The predicted molar refractivity (Wildman–Crippen MR) is 84.4 cm³/mol. The summed E-state index contributed by atoms with van der Waals surface area (Å²) in [7, 11) is 2.99. The maximum atomic E-state index is 12.7. The molecular formula is C18H15F3O3. The first-order chi connectivity index (χ1) is 11.3. The molecule has 2 aromatic rings. The SMILES string of the molecule is COc1ccc(/C=C/C(=O)c2cccc(C(F)(F)F)c2)c(OC)c1. The van der Waals surface area contributed by atoms with Crippen molar-refractivity contribution in [1.29, 1.82) is 0 Å². The van der Waals surface area contributed by atoms with Crippen molar-refractivity contribution >= 4 is 11.9 Å². The van der Waals surface area contributed by atoms with E-state index in [1.165, 1.54) is 38.5 Å². The van der Waals surface area contributed by atoms with Crippen LogP contribution in [0.15, 0.2) is 48.5 Å². The van der Waals surface area contributed by atoms with Crippen molar-refractivity contribution in [2.45, 2.75) is 6.18 Å². The summed E-state index contributed by atoms with van der Waals surface area (Å²) in [5, 5.41) is 0. The maximum absolute atomic E-state index is 12.7. The molecule has 2 aromatic carbocycles. The fourth-order valence-electron chi connectivity index (χ4n) is 2.07. The molecule has 0 N–H and O–H groups in total. The Balaban J connectivity index is 2.25. The quantitative estimate of drug-likeness (QED) is 0.590. The van der Waals surface area contributed by atoms with Gasteiger partial charge in [0.1, 0.15) is 11.5 Å².